The van der Waals surface area contributed by atoms with Crippen LogP contribution in [0.5, 0.6) is 5.75 Å². The van der Waals surface area contributed by atoms with Crippen molar-refractivity contribution in [3.8, 4) is 11.4 Å². The molecule has 0 bridgehead atoms. The second-order valence-corrected chi connectivity index (χ2v) is 13.8. The summed E-state index contributed by atoms with van der Waals surface area (Å²) < 4.78 is 62.5. The third kappa shape index (κ3) is 7.50. The molecule has 1 aliphatic heterocycles. The van der Waals surface area contributed by atoms with Crippen molar-refractivity contribution in [2.45, 2.75) is 17.4 Å². The number of nitro groups is 1. The summed E-state index contributed by atoms with van der Waals surface area (Å²) in [6.07, 6.45) is -0.212. The standard InChI is InChI=1S/C35H30F2N6O8S/c1-51-27-10-6-25(7-11-27)42-34(39-30-5-3-2-4-29(30)35(42)46)31(18-22-16-23(36)19-24(37)17-22)38-32(44)20-40-14-15-41(21-33(40)45)52(49,50)28-12-8-26(9-13-28)43(47)48/h2-13,16-17,19,31H,14-15,18,20-21H2,1H3,(H,38,44)/t31-/m0/s1. The number of amides is 2. The summed E-state index contributed by atoms with van der Waals surface area (Å²) in [7, 11) is -2.71. The molecule has 52 heavy (non-hydrogen) atoms. The number of methoxy groups -OCH3 is 1. The zero-order valence-electron chi connectivity index (χ0n) is 27.4. The lowest BCUT2D eigenvalue weighted by Crippen LogP contribution is -2.54. The fourth-order valence-corrected chi connectivity index (χ4v) is 7.28. The van der Waals surface area contributed by atoms with Gasteiger partial charge >= 0.3 is 0 Å². The molecule has 2 heterocycles. The number of nitro benzene ring substituents is 1. The molecule has 6 rings (SSSR count). The molecule has 2 amide bonds. The van der Waals surface area contributed by atoms with Gasteiger partial charge in [-0.1, -0.05) is 12.1 Å². The third-order valence-electron chi connectivity index (χ3n) is 8.44. The summed E-state index contributed by atoms with van der Waals surface area (Å²) in [5, 5.41) is 14.0. The number of para-hydroxylation sites is 1. The summed E-state index contributed by atoms with van der Waals surface area (Å²) in [5.74, 6) is -2.56. The highest BCUT2D eigenvalue weighted by molar-refractivity contribution is 7.89. The average molecular weight is 733 g/mol. The number of nitrogens with one attached hydrogen (secondary N) is 1. The lowest BCUT2D eigenvalue weighted by Gasteiger charge is -2.33. The van der Waals surface area contributed by atoms with Gasteiger partial charge in [0.1, 0.15) is 23.2 Å². The molecule has 17 heteroatoms. The van der Waals surface area contributed by atoms with Gasteiger partial charge in [0, 0.05) is 37.7 Å². The van der Waals surface area contributed by atoms with Gasteiger partial charge in [-0.05, 0) is 66.2 Å². The molecule has 1 atom stereocenters. The lowest BCUT2D eigenvalue weighted by atomic mass is 10.0. The second kappa shape index (κ2) is 14.7. The summed E-state index contributed by atoms with van der Waals surface area (Å²) in [5.41, 5.74) is 0.0388. The van der Waals surface area contributed by atoms with Gasteiger partial charge in [0.2, 0.25) is 21.8 Å². The predicted octanol–water partition coefficient (Wildman–Crippen LogP) is 3.51. The number of halogens is 2. The number of hydrogen-bond donors (Lipinski definition) is 1. The normalized spacial score (nSPS) is 14.3. The van der Waals surface area contributed by atoms with Gasteiger partial charge in [0.25, 0.3) is 11.2 Å². The van der Waals surface area contributed by atoms with Gasteiger partial charge in [0.15, 0.2) is 0 Å². The highest BCUT2D eigenvalue weighted by Crippen LogP contribution is 2.25. The van der Waals surface area contributed by atoms with Crippen LogP contribution in [0.3, 0.4) is 0 Å². The molecule has 0 radical (unpaired) electrons. The van der Waals surface area contributed by atoms with E-state index in [1.807, 2.05) is 0 Å². The largest absolute Gasteiger partial charge is 0.497 e. The van der Waals surface area contributed by atoms with E-state index in [1.54, 1.807) is 48.5 Å². The maximum atomic E-state index is 14.3. The number of rotatable bonds is 11. The van der Waals surface area contributed by atoms with Crippen molar-refractivity contribution in [3.05, 3.63) is 134 Å². The van der Waals surface area contributed by atoms with E-state index in [2.05, 4.69) is 5.32 Å². The number of carbonyl (C=O) groups excluding carboxylic acids is 2. The Bertz CT molecular complexity index is 2330. The topological polar surface area (TPSA) is 174 Å². The van der Waals surface area contributed by atoms with Crippen LogP contribution in [-0.4, -0.2) is 77.2 Å². The summed E-state index contributed by atoms with van der Waals surface area (Å²) in [6, 6.07) is 19.0. The van der Waals surface area contributed by atoms with Crippen LogP contribution in [0.25, 0.3) is 16.6 Å². The van der Waals surface area contributed by atoms with Crippen molar-refractivity contribution < 1.29 is 36.4 Å². The molecule has 1 fully saturated rings. The van der Waals surface area contributed by atoms with Crippen LogP contribution in [-0.2, 0) is 26.0 Å². The summed E-state index contributed by atoms with van der Waals surface area (Å²) >= 11 is 0. The molecule has 1 N–H and O–H groups in total. The molecule has 0 spiro atoms. The van der Waals surface area contributed by atoms with E-state index >= 15 is 0 Å². The first-order valence-corrected chi connectivity index (χ1v) is 17.2. The Morgan fingerprint density at radius 1 is 0.981 bits per heavy atom. The molecule has 4 aromatic carbocycles. The van der Waals surface area contributed by atoms with Crippen LogP contribution in [0.2, 0.25) is 0 Å². The number of aromatic nitrogens is 2. The van der Waals surface area contributed by atoms with Crippen molar-refractivity contribution in [1.29, 1.82) is 0 Å². The van der Waals surface area contributed by atoms with E-state index in [1.165, 1.54) is 11.7 Å². The fraction of sp³-hybridized carbons (Fsp3) is 0.200. The first-order valence-electron chi connectivity index (χ1n) is 15.8. The van der Waals surface area contributed by atoms with Crippen LogP contribution in [0, 0.1) is 21.7 Å². The van der Waals surface area contributed by atoms with Gasteiger partial charge in [0.05, 0.1) is 52.7 Å². The minimum atomic E-state index is -4.19. The zero-order chi connectivity index (χ0) is 37.2. The number of fused-ring (bicyclic) bond motifs is 1. The van der Waals surface area contributed by atoms with Crippen LogP contribution < -0.4 is 15.6 Å². The maximum absolute atomic E-state index is 14.3. The quantitative estimate of drug-likeness (QED) is 0.158. The van der Waals surface area contributed by atoms with Crippen molar-refractivity contribution in [1.82, 2.24) is 24.1 Å². The highest BCUT2D eigenvalue weighted by atomic mass is 32.2. The van der Waals surface area contributed by atoms with Crippen molar-refractivity contribution >= 4 is 38.4 Å². The Labute approximate surface area is 295 Å². The minimum Gasteiger partial charge on any atom is -0.497 e. The zero-order valence-corrected chi connectivity index (χ0v) is 28.3. The van der Waals surface area contributed by atoms with Crippen LogP contribution in [0.4, 0.5) is 14.5 Å². The monoisotopic (exact) mass is 732 g/mol. The fourth-order valence-electron chi connectivity index (χ4n) is 5.90. The van der Waals surface area contributed by atoms with E-state index in [4.69, 9.17) is 9.72 Å². The van der Waals surface area contributed by atoms with Crippen molar-refractivity contribution in [2.75, 3.05) is 33.3 Å². The van der Waals surface area contributed by atoms with Gasteiger partial charge in [-0.2, -0.15) is 4.31 Å². The molecule has 5 aromatic rings. The summed E-state index contributed by atoms with van der Waals surface area (Å²) in [4.78, 5) is 56.8. The van der Waals surface area contributed by atoms with Crippen LogP contribution in [0.1, 0.15) is 17.4 Å². The third-order valence-corrected chi connectivity index (χ3v) is 10.3. The number of hydrogen-bond acceptors (Lipinski definition) is 9. The first kappa shape index (κ1) is 35.7. The number of carbonyl (C=O) groups is 2. The SMILES string of the molecule is COc1ccc(-n2c([C@H](Cc3cc(F)cc(F)c3)NC(=O)CN3CCN(S(=O)(=O)c4ccc([N+](=O)[O-])cc4)CC3=O)nc3ccccc3c2=O)cc1. The van der Waals surface area contributed by atoms with E-state index in [0.717, 1.165) is 45.6 Å². The van der Waals surface area contributed by atoms with E-state index < -0.39 is 63.1 Å². The smallest absolute Gasteiger partial charge is 0.269 e. The first-order chi connectivity index (χ1) is 24.8. The Morgan fingerprint density at radius 2 is 1.65 bits per heavy atom. The molecular formula is C35H30F2N6O8S. The Balaban J connectivity index is 1.29. The maximum Gasteiger partial charge on any atom is 0.269 e. The predicted molar refractivity (Wildman–Crippen MR) is 183 cm³/mol. The van der Waals surface area contributed by atoms with E-state index in [9.17, 15) is 41.7 Å². The number of sulfonamides is 1. The number of nitrogens with zero attached hydrogens (tertiary/aromatic N) is 5. The van der Waals surface area contributed by atoms with E-state index in [0.29, 0.717) is 23.0 Å². The lowest BCUT2D eigenvalue weighted by molar-refractivity contribution is -0.384. The van der Waals surface area contributed by atoms with Gasteiger partial charge in [-0.25, -0.2) is 22.2 Å². The van der Waals surface area contributed by atoms with Crippen molar-refractivity contribution in [3.63, 3.8) is 0 Å². The Morgan fingerprint density at radius 3 is 2.29 bits per heavy atom. The molecular weight excluding hydrogens is 702 g/mol. The van der Waals surface area contributed by atoms with Crippen LogP contribution >= 0.6 is 0 Å². The van der Waals surface area contributed by atoms with Gasteiger partial charge in [-0.15, -0.1) is 0 Å². The van der Waals surface area contributed by atoms with Crippen molar-refractivity contribution in [2.24, 2.45) is 0 Å². The molecule has 14 nitrogen and oxygen atoms in total. The van der Waals surface area contributed by atoms with Gasteiger partial charge < -0.3 is 15.0 Å². The highest BCUT2D eigenvalue weighted by Gasteiger charge is 2.34. The number of ether oxygens (including phenoxy) is 1. The minimum absolute atomic E-state index is 0.0391. The molecule has 1 aromatic heterocycles. The van der Waals surface area contributed by atoms with Crippen LogP contribution in [0.15, 0.2) is 101 Å². The average Bonchev–Trinajstić information content (AvgIpc) is 3.12. The number of non-ortho nitro benzene ring substituents is 1. The molecule has 1 aliphatic rings. The Kier molecular flexibility index (Phi) is 10.1. The molecule has 1 saturated heterocycles. The number of benzene rings is 4. The van der Waals surface area contributed by atoms with E-state index in [-0.39, 0.29) is 46.9 Å². The second-order valence-electron chi connectivity index (χ2n) is 11.8. The van der Waals surface area contributed by atoms with Gasteiger partial charge in [-0.3, -0.25) is 29.1 Å². The number of piperazine rings is 1. The summed E-state index contributed by atoms with van der Waals surface area (Å²) in [6.45, 7) is -1.45. The Hall–Kier alpha value is -6.07. The molecule has 0 saturated carbocycles. The molecule has 268 valence electrons. The molecule has 0 unspecified atom stereocenters. The molecule has 0 aliphatic carbocycles.